The van der Waals surface area contributed by atoms with Gasteiger partial charge in [-0.3, -0.25) is 9.59 Å². The summed E-state index contributed by atoms with van der Waals surface area (Å²) >= 11 is 0. The fourth-order valence-electron chi connectivity index (χ4n) is 10.5. The van der Waals surface area contributed by atoms with E-state index in [4.69, 9.17) is 9.97 Å². The molecular formula is C62H102N12O4. The predicted octanol–water partition coefficient (Wildman–Crippen LogP) is 9.05. The Bertz CT molecular complexity index is 2510. The fourth-order valence-corrected chi connectivity index (χ4v) is 10.5. The molecule has 8 bridgehead atoms. The van der Waals surface area contributed by atoms with Crippen molar-refractivity contribution in [1.29, 1.82) is 0 Å². The molecule has 0 saturated heterocycles. The van der Waals surface area contributed by atoms with E-state index in [0.29, 0.717) is 18.5 Å². The van der Waals surface area contributed by atoms with Crippen molar-refractivity contribution in [3.63, 3.8) is 0 Å². The lowest BCUT2D eigenvalue weighted by molar-refractivity contribution is -0.137. The van der Waals surface area contributed by atoms with Crippen LogP contribution in [0.4, 0.5) is 0 Å². The lowest BCUT2D eigenvalue weighted by atomic mass is 10.00. The third-order valence-corrected chi connectivity index (χ3v) is 15.3. The van der Waals surface area contributed by atoms with Crippen LogP contribution in [0.15, 0.2) is 24.3 Å². The summed E-state index contributed by atoms with van der Waals surface area (Å²) < 4.78 is 0. The summed E-state index contributed by atoms with van der Waals surface area (Å²) in [4.78, 5) is 41.9. The summed E-state index contributed by atoms with van der Waals surface area (Å²) in [6, 6.07) is 8.44. The van der Waals surface area contributed by atoms with Crippen molar-refractivity contribution in [1.82, 2.24) is 62.5 Å². The van der Waals surface area contributed by atoms with Crippen molar-refractivity contribution >= 4 is 56.3 Å². The van der Waals surface area contributed by atoms with Crippen LogP contribution in [-0.4, -0.2) is 147 Å². The van der Waals surface area contributed by atoms with E-state index in [1.807, 2.05) is 19.9 Å². The molecule has 12 N–H and O–H groups in total. The summed E-state index contributed by atoms with van der Waals surface area (Å²) in [6.07, 6.45) is 16.5. The zero-order valence-electron chi connectivity index (χ0n) is 49.0. The number of aromatic amines is 2. The minimum Gasteiger partial charge on any atom is -0.481 e. The van der Waals surface area contributed by atoms with Gasteiger partial charge in [-0.1, -0.05) is 13.8 Å². The molecule has 0 atom stereocenters. The number of nitrogens with one attached hydrogen (secondary N) is 10. The normalized spacial score (nSPS) is 12.7. The van der Waals surface area contributed by atoms with Crippen LogP contribution >= 0.6 is 0 Å². The maximum atomic E-state index is 12.0. The number of hydrogen-bond acceptors (Lipinski definition) is 12. The van der Waals surface area contributed by atoms with Crippen molar-refractivity contribution in [2.75, 3.05) is 105 Å². The van der Waals surface area contributed by atoms with Crippen LogP contribution in [0.1, 0.15) is 175 Å². The highest BCUT2D eigenvalue weighted by Gasteiger charge is 2.22. The van der Waals surface area contributed by atoms with E-state index in [-0.39, 0.29) is 12.8 Å². The number of carbonyl (C=O) groups is 2. The van der Waals surface area contributed by atoms with E-state index in [0.717, 1.165) is 216 Å². The minimum atomic E-state index is -0.867. The molecule has 0 saturated carbocycles. The third-order valence-electron chi connectivity index (χ3n) is 15.3. The Morgan fingerprint density at radius 1 is 0.385 bits per heavy atom. The first kappa shape index (κ1) is 64.0. The van der Waals surface area contributed by atoms with E-state index in [9.17, 15) is 19.8 Å². The van der Waals surface area contributed by atoms with E-state index in [1.54, 1.807) is 0 Å². The summed E-state index contributed by atoms with van der Waals surface area (Å²) in [7, 11) is 0. The zero-order chi connectivity index (χ0) is 55.7. The number of H-pyrrole nitrogens is 2. The average molecular weight is 1080 g/mol. The fraction of sp³-hybridized carbons (Fsp3) is 0.645. The summed E-state index contributed by atoms with van der Waals surface area (Å²) in [5, 5.41) is 48.3. The Morgan fingerprint density at radius 3 is 1.06 bits per heavy atom. The molecule has 78 heavy (non-hydrogen) atoms. The average Bonchev–Trinajstić information content (AvgIpc) is 4.22. The lowest BCUT2D eigenvalue weighted by Gasteiger charge is -2.08. The maximum absolute atomic E-state index is 12.0. The van der Waals surface area contributed by atoms with Crippen LogP contribution in [0.2, 0.25) is 0 Å². The molecule has 3 aromatic heterocycles. The van der Waals surface area contributed by atoms with E-state index in [2.05, 4.69) is 98.4 Å². The van der Waals surface area contributed by atoms with Gasteiger partial charge in [-0.05, 0) is 304 Å². The molecule has 0 unspecified atom stereocenters. The Labute approximate surface area is 467 Å². The van der Waals surface area contributed by atoms with Gasteiger partial charge < -0.3 is 62.7 Å². The number of nitrogens with zero attached hydrogens (tertiary/aromatic N) is 2. The van der Waals surface area contributed by atoms with E-state index < -0.39 is 11.9 Å². The van der Waals surface area contributed by atoms with Crippen LogP contribution in [-0.2, 0) is 22.4 Å². The number of unbranched alkanes of at least 4 members (excludes halogenated alkanes) is 6. The molecule has 5 heterocycles. The monoisotopic (exact) mass is 1080 g/mol. The molecule has 2 aliphatic rings. The van der Waals surface area contributed by atoms with Gasteiger partial charge in [0.1, 0.15) is 0 Å². The Kier molecular flexibility index (Phi) is 30.6. The molecule has 16 heteroatoms. The number of aliphatic carboxylic acids is 2. The summed E-state index contributed by atoms with van der Waals surface area (Å²) in [5.41, 5.74) is 15.4. The molecule has 0 aromatic carbocycles. The predicted molar refractivity (Wildman–Crippen MR) is 326 cm³/mol. The van der Waals surface area contributed by atoms with Crippen LogP contribution in [0, 0.1) is 13.8 Å². The van der Waals surface area contributed by atoms with E-state index in [1.165, 1.54) is 62.5 Å². The molecule has 0 fully saturated rings. The van der Waals surface area contributed by atoms with Crippen LogP contribution < -0.4 is 42.5 Å². The molecule has 16 nitrogen and oxygen atoms in total. The third kappa shape index (κ3) is 22.4. The van der Waals surface area contributed by atoms with Gasteiger partial charge in [0.05, 0.1) is 22.8 Å². The van der Waals surface area contributed by atoms with Crippen molar-refractivity contribution in [2.45, 2.75) is 157 Å². The number of allylic oxidation sites excluding steroid dienone is 3. The largest absolute Gasteiger partial charge is 0.481 e. The Hall–Kier alpha value is -4.78. The van der Waals surface area contributed by atoms with Gasteiger partial charge in [0.2, 0.25) is 0 Å². The zero-order valence-corrected chi connectivity index (χ0v) is 49.0. The molecule has 2 aliphatic heterocycles. The summed E-state index contributed by atoms with van der Waals surface area (Å²) in [6.45, 7) is 29.2. The van der Waals surface area contributed by atoms with Gasteiger partial charge in [0.25, 0.3) is 0 Å². The molecule has 0 aliphatic carbocycles. The maximum Gasteiger partial charge on any atom is 0.303 e. The Morgan fingerprint density at radius 2 is 0.679 bits per heavy atom. The topological polar surface area (TPSA) is 228 Å². The van der Waals surface area contributed by atoms with E-state index >= 15 is 0 Å². The highest BCUT2D eigenvalue weighted by Crippen LogP contribution is 2.37. The van der Waals surface area contributed by atoms with Gasteiger partial charge in [0, 0.05) is 34.9 Å². The smallest absolute Gasteiger partial charge is 0.303 e. The number of aryl methyl sites for hydroxylation is 3. The quantitative estimate of drug-likeness (QED) is 0.0237. The first-order chi connectivity index (χ1) is 38.0. The minimum absolute atomic E-state index is 0.0208. The van der Waals surface area contributed by atoms with Crippen molar-refractivity contribution in [3.05, 3.63) is 69.3 Å². The SMILES string of the molecule is CCNCCCCNCCCCNCCCCNCCC1=C(C)c2cc3[nH]c(cc4nc(cc5[nH]c(cc1n2)c(C)c5CCC(=O)O)C(CCC(=O)O)=C4C)c(C)c3CCNCCCCNCCCCNCCCCNCC. The second kappa shape index (κ2) is 37.2. The number of carboxylic acids is 2. The molecule has 0 radical (unpaired) electrons. The standard InChI is InChI=1S/C62H102N12O4/c1-7-63-27-9-11-29-65-31-13-15-33-67-35-17-19-37-69-39-25-51-47(5)54-41-53-45(3)49(21-23-61(75)76)59(72-53)44-60-50(22-24-62(77)78)46(4)55(74-60)42-58-52(48(6)56(73-58)43-57(51)71-54)26-40-70-38-20-18-36-68-34-16-14-32-66-30-12-10-28-64-8-2/h41-44,63-71,74H,7-40H2,1-6H3,(H,75,76)(H,77,78). The summed E-state index contributed by atoms with van der Waals surface area (Å²) in [5.74, 6) is -1.73. The molecule has 434 valence electrons. The lowest BCUT2D eigenvalue weighted by Crippen LogP contribution is -2.22. The van der Waals surface area contributed by atoms with Crippen LogP contribution in [0.5, 0.6) is 0 Å². The molecule has 0 amide bonds. The number of fused-ring (bicyclic) bond motifs is 8. The van der Waals surface area contributed by atoms with Crippen molar-refractivity contribution < 1.29 is 19.8 Å². The molecule has 3 aromatic rings. The van der Waals surface area contributed by atoms with Gasteiger partial charge in [-0.25, -0.2) is 9.97 Å². The van der Waals surface area contributed by atoms with Crippen molar-refractivity contribution in [3.8, 4) is 0 Å². The number of aromatic nitrogens is 4. The highest BCUT2D eigenvalue weighted by atomic mass is 16.4. The van der Waals surface area contributed by atoms with Gasteiger partial charge >= 0.3 is 11.9 Å². The van der Waals surface area contributed by atoms with Gasteiger partial charge in [-0.15, -0.1) is 0 Å². The number of rotatable bonds is 44. The van der Waals surface area contributed by atoms with Crippen LogP contribution in [0.3, 0.4) is 0 Å². The second-order valence-electron chi connectivity index (χ2n) is 21.4. The van der Waals surface area contributed by atoms with Crippen molar-refractivity contribution in [2.24, 2.45) is 0 Å². The van der Waals surface area contributed by atoms with Crippen LogP contribution in [0.25, 0.3) is 44.4 Å². The second-order valence-corrected chi connectivity index (χ2v) is 21.4. The molecule has 0 spiro atoms. The first-order valence-electron chi connectivity index (χ1n) is 30.3. The Balaban J connectivity index is 1.29. The molecule has 5 rings (SSSR count). The van der Waals surface area contributed by atoms with Gasteiger partial charge in [-0.2, -0.15) is 0 Å². The first-order valence-corrected chi connectivity index (χ1v) is 30.3. The number of hydrogen-bond donors (Lipinski definition) is 12. The molecular weight excluding hydrogens is 977 g/mol. The number of carboxylic acid groups (broad SMARTS) is 2. The highest BCUT2D eigenvalue weighted by molar-refractivity contribution is 5.95. The van der Waals surface area contributed by atoms with Gasteiger partial charge in [0.15, 0.2) is 0 Å².